The summed E-state index contributed by atoms with van der Waals surface area (Å²) < 4.78 is 0. The summed E-state index contributed by atoms with van der Waals surface area (Å²) >= 11 is 0. The summed E-state index contributed by atoms with van der Waals surface area (Å²) in [4.78, 5) is 27.3. The summed E-state index contributed by atoms with van der Waals surface area (Å²) in [5.41, 5.74) is 2.77. The number of carbonyl (C=O) groups is 2. The molecule has 0 radical (unpaired) electrons. The molecular weight excluding hydrogens is 338 g/mol. The third-order valence-electron chi connectivity index (χ3n) is 5.11. The zero-order valence-corrected chi connectivity index (χ0v) is 15.9. The number of para-hydroxylation sites is 1. The zero-order chi connectivity index (χ0) is 19.2. The average Bonchev–Trinajstić information content (AvgIpc) is 2.70. The Morgan fingerprint density at radius 3 is 2.37 bits per heavy atom. The quantitative estimate of drug-likeness (QED) is 0.850. The maximum absolute atomic E-state index is 12.6. The van der Waals surface area contributed by atoms with E-state index in [1.165, 1.54) is 0 Å². The maximum Gasteiger partial charge on any atom is 0.241 e. The number of piperidine rings is 1. The first kappa shape index (κ1) is 19.1. The fraction of sp³-hybridized carbons (Fsp3) is 0.364. The van der Waals surface area contributed by atoms with Crippen LogP contribution in [0.3, 0.4) is 0 Å². The summed E-state index contributed by atoms with van der Waals surface area (Å²) in [6.07, 6.45) is 1.76. The molecule has 0 saturated carbocycles. The van der Waals surface area contributed by atoms with Gasteiger partial charge < -0.3 is 10.6 Å². The summed E-state index contributed by atoms with van der Waals surface area (Å²) in [6.45, 7) is 5.35. The van der Waals surface area contributed by atoms with Crippen LogP contribution in [0.15, 0.2) is 54.6 Å². The molecule has 5 heteroatoms. The first-order chi connectivity index (χ1) is 13.0. The van der Waals surface area contributed by atoms with E-state index in [2.05, 4.69) is 15.5 Å². The molecule has 0 aliphatic carbocycles. The Balaban J connectivity index is 1.57. The van der Waals surface area contributed by atoms with Crippen LogP contribution in [-0.2, 0) is 9.59 Å². The number of aryl methyl sites for hydroxylation is 1. The number of amides is 2. The van der Waals surface area contributed by atoms with E-state index >= 15 is 0 Å². The molecule has 3 rings (SSSR count). The van der Waals surface area contributed by atoms with Gasteiger partial charge in [-0.25, -0.2) is 0 Å². The van der Waals surface area contributed by atoms with Crippen molar-refractivity contribution in [3.05, 3.63) is 60.2 Å². The molecule has 0 unspecified atom stereocenters. The molecule has 2 atom stereocenters. The summed E-state index contributed by atoms with van der Waals surface area (Å²) in [6, 6.07) is 17.0. The Kier molecular flexibility index (Phi) is 6.24. The van der Waals surface area contributed by atoms with Gasteiger partial charge in [0.25, 0.3) is 0 Å². The van der Waals surface area contributed by atoms with E-state index in [9.17, 15) is 9.59 Å². The van der Waals surface area contributed by atoms with Gasteiger partial charge >= 0.3 is 0 Å². The lowest BCUT2D eigenvalue weighted by atomic mass is 9.95. The molecule has 142 valence electrons. The molecule has 1 saturated heterocycles. The Morgan fingerprint density at radius 2 is 1.67 bits per heavy atom. The molecule has 1 aliphatic rings. The van der Waals surface area contributed by atoms with Gasteiger partial charge in [0.05, 0.1) is 12.0 Å². The van der Waals surface area contributed by atoms with E-state index in [-0.39, 0.29) is 23.8 Å². The van der Waals surface area contributed by atoms with Crippen molar-refractivity contribution in [1.82, 2.24) is 4.90 Å². The van der Waals surface area contributed by atoms with Gasteiger partial charge in [-0.1, -0.05) is 35.9 Å². The lowest BCUT2D eigenvalue weighted by molar-refractivity contribution is -0.125. The van der Waals surface area contributed by atoms with Crippen molar-refractivity contribution in [3.63, 3.8) is 0 Å². The van der Waals surface area contributed by atoms with Crippen molar-refractivity contribution in [1.29, 1.82) is 0 Å². The minimum absolute atomic E-state index is 0.0250. The number of rotatable bonds is 5. The maximum atomic E-state index is 12.6. The number of nitrogens with zero attached hydrogens (tertiary/aromatic N) is 1. The van der Waals surface area contributed by atoms with Gasteiger partial charge in [0.15, 0.2) is 0 Å². The smallest absolute Gasteiger partial charge is 0.241 e. The van der Waals surface area contributed by atoms with Gasteiger partial charge in [0.2, 0.25) is 11.8 Å². The molecule has 2 N–H and O–H groups in total. The van der Waals surface area contributed by atoms with Crippen LogP contribution in [0.2, 0.25) is 0 Å². The van der Waals surface area contributed by atoms with Crippen molar-refractivity contribution in [2.45, 2.75) is 32.7 Å². The second-order valence-corrected chi connectivity index (χ2v) is 7.22. The van der Waals surface area contributed by atoms with Crippen LogP contribution in [0.1, 0.15) is 25.3 Å². The van der Waals surface area contributed by atoms with Crippen molar-refractivity contribution < 1.29 is 9.59 Å². The molecule has 5 nitrogen and oxygen atoms in total. The van der Waals surface area contributed by atoms with Crippen LogP contribution >= 0.6 is 0 Å². The molecular formula is C22H27N3O2. The number of hydrogen-bond acceptors (Lipinski definition) is 3. The highest BCUT2D eigenvalue weighted by atomic mass is 16.2. The predicted molar refractivity (Wildman–Crippen MR) is 109 cm³/mol. The van der Waals surface area contributed by atoms with E-state index in [0.717, 1.165) is 36.3 Å². The van der Waals surface area contributed by atoms with Gasteiger partial charge in [-0.2, -0.15) is 0 Å². The highest BCUT2D eigenvalue weighted by Gasteiger charge is 2.30. The Bertz CT molecular complexity index is 774. The predicted octanol–water partition coefficient (Wildman–Crippen LogP) is 3.67. The Morgan fingerprint density at radius 1 is 1.00 bits per heavy atom. The van der Waals surface area contributed by atoms with Crippen molar-refractivity contribution in [2.24, 2.45) is 5.92 Å². The molecule has 1 fully saturated rings. The summed E-state index contributed by atoms with van der Waals surface area (Å²) in [7, 11) is 0. The van der Waals surface area contributed by atoms with Crippen LogP contribution < -0.4 is 10.6 Å². The minimum atomic E-state index is -0.279. The third kappa shape index (κ3) is 5.17. The topological polar surface area (TPSA) is 61.4 Å². The third-order valence-corrected chi connectivity index (χ3v) is 5.11. The highest BCUT2D eigenvalue weighted by molar-refractivity contribution is 5.95. The monoisotopic (exact) mass is 365 g/mol. The normalized spacial score (nSPS) is 18.5. The van der Waals surface area contributed by atoms with Crippen LogP contribution in [0.4, 0.5) is 11.4 Å². The second kappa shape index (κ2) is 8.82. The molecule has 2 amide bonds. The van der Waals surface area contributed by atoms with E-state index in [0.29, 0.717) is 6.54 Å². The fourth-order valence-electron chi connectivity index (χ4n) is 3.39. The largest absolute Gasteiger partial charge is 0.326 e. The highest BCUT2D eigenvalue weighted by Crippen LogP contribution is 2.21. The average molecular weight is 365 g/mol. The summed E-state index contributed by atoms with van der Waals surface area (Å²) in [5, 5.41) is 5.95. The van der Waals surface area contributed by atoms with Crippen LogP contribution in [0.5, 0.6) is 0 Å². The van der Waals surface area contributed by atoms with Gasteiger partial charge in [-0.05, 0) is 57.5 Å². The molecule has 27 heavy (non-hydrogen) atoms. The zero-order valence-electron chi connectivity index (χ0n) is 15.9. The van der Waals surface area contributed by atoms with Crippen molar-refractivity contribution in [2.75, 3.05) is 23.7 Å². The van der Waals surface area contributed by atoms with E-state index in [1.807, 2.05) is 68.4 Å². The van der Waals surface area contributed by atoms with Gasteiger partial charge in [-0.15, -0.1) is 0 Å². The Labute approximate surface area is 160 Å². The van der Waals surface area contributed by atoms with Gasteiger partial charge in [0, 0.05) is 17.9 Å². The standard InChI is InChI=1S/C22H27N3O2/c1-16-10-12-20(13-11-16)23-21(26)17(2)25-14-6-7-18(15-25)22(27)24-19-8-4-3-5-9-19/h3-5,8-13,17-18H,6-7,14-15H2,1-2H3,(H,23,26)(H,24,27)/t17-,18+/m0/s1. The molecule has 2 aromatic carbocycles. The minimum Gasteiger partial charge on any atom is -0.326 e. The fourth-order valence-corrected chi connectivity index (χ4v) is 3.39. The number of carbonyl (C=O) groups excluding carboxylic acids is 2. The van der Waals surface area contributed by atoms with E-state index < -0.39 is 0 Å². The summed E-state index contributed by atoms with van der Waals surface area (Å²) in [5.74, 6) is -0.117. The van der Waals surface area contributed by atoms with Crippen LogP contribution in [0.25, 0.3) is 0 Å². The lowest BCUT2D eigenvalue weighted by Crippen LogP contribution is -2.49. The van der Waals surface area contributed by atoms with E-state index in [4.69, 9.17) is 0 Å². The van der Waals surface area contributed by atoms with Crippen molar-refractivity contribution >= 4 is 23.2 Å². The van der Waals surface area contributed by atoms with E-state index in [1.54, 1.807) is 0 Å². The number of likely N-dealkylation sites (tertiary alicyclic amines) is 1. The first-order valence-electron chi connectivity index (χ1n) is 9.50. The lowest BCUT2D eigenvalue weighted by Gasteiger charge is -2.35. The number of anilines is 2. The first-order valence-corrected chi connectivity index (χ1v) is 9.50. The number of nitrogens with one attached hydrogen (secondary N) is 2. The molecule has 0 bridgehead atoms. The SMILES string of the molecule is Cc1ccc(NC(=O)[C@H](C)N2CCC[C@@H](C(=O)Nc3ccccc3)C2)cc1. The number of hydrogen-bond donors (Lipinski definition) is 2. The molecule has 0 spiro atoms. The second-order valence-electron chi connectivity index (χ2n) is 7.22. The van der Waals surface area contributed by atoms with Gasteiger partial charge in [0.1, 0.15) is 0 Å². The molecule has 0 aromatic heterocycles. The molecule has 1 heterocycles. The van der Waals surface area contributed by atoms with Crippen LogP contribution in [0, 0.1) is 12.8 Å². The van der Waals surface area contributed by atoms with Crippen LogP contribution in [-0.4, -0.2) is 35.8 Å². The molecule has 2 aromatic rings. The number of benzene rings is 2. The van der Waals surface area contributed by atoms with Gasteiger partial charge in [-0.3, -0.25) is 14.5 Å². The Hall–Kier alpha value is -2.66. The molecule has 1 aliphatic heterocycles. The van der Waals surface area contributed by atoms with Crippen molar-refractivity contribution in [3.8, 4) is 0 Å².